The molecule has 1 fully saturated rings. The molecule has 0 bridgehead atoms. The molecule has 30 heavy (non-hydrogen) atoms. The van der Waals surface area contributed by atoms with E-state index in [0.29, 0.717) is 12.8 Å². The molecule has 2 atom stereocenters. The number of carbonyl (C=O) groups excluding carboxylic acids is 2. The number of likely N-dealkylation sites (N-methyl/N-ethyl adjacent to an activating group) is 1. The summed E-state index contributed by atoms with van der Waals surface area (Å²) in [6.07, 6.45) is 1.86. The van der Waals surface area contributed by atoms with E-state index in [1.807, 2.05) is 60.7 Å². The van der Waals surface area contributed by atoms with E-state index < -0.39 is 12.0 Å². The molecule has 2 unspecified atom stereocenters. The molecule has 1 aliphatic heterocycles. The second kappa shape index (κ2) is 10.1. The van der Waals surface area contributed by atoms with Crippen LogP contribution in [0.15, 0.2) is 60.7 Å². The summed E-state index contributed by atoms with van der Waals surface area (Å²) in [5.41, 5.74) is 2.15. The average molecular weight is 408 g/mol. The van der Waals surface area contributed by atoms with Gasteiger partial charge in [-0.15, -0.1) is 0 Å². The van der Waals surface area contributed by atoms with E-state index in [0.717, 1.165) is 17.5 Å². The van der Waals surface area contributed by atoms with E-state index in [2.05, 4.69) is 0 Å². The number of carboxylic acids is 1. The van der Waals surface area contributed by atoms with Gasteiger partial charge in [-0.25, -0.2) is 0 Å². The van der Waals surface area contributed by atoms with E-state index in [4.69, 9.17) is 5.11 Å². The van der Waals surface area contributed by atoms with Gasteiger partial charge in [-0.05, 0) is 30.4 Å². The van der Waals surface area contributed by atoms with E-state index in [-0.39, 0.29) is 37.2 Å². The number of benzene rings is 2. The zero-order valence-corrected chi connectivity index (χ0v) is 17.2. The van der Waals surface area contributed by atoms with Crippen molar-refractivity contribution >= 4 is 17.8 Å². The Kier molecular flexibility index (Phi) is 7.22. The van der Waals surface area contributed by atoms with Crippen LogP contribution in [0.5, 0.6) is 0 Å². The predicted octanol–water partition coefficient (Wildman–Crippen LogP) is 3.11. The number of hydrogen-bond donors (Lipinski definition) is 1. The van der Waals surface area contributed by atoms with Gasteiger partial charge >= 0.3 is 5.97 Å². The molecule has 1 N–H and O–H groups in total. The van der Waals surface area contributed by atoms with Crippen molar-refractivity contribution in [2.45, 2.75) is 50.7 Å². The molecule has 0 saturated carbocycles. The minimum absolute atomic E-state index is 0.0542. The van der Waals surface area contributed by atoms with Gasteiger partial charge in [-0.2, -0.15) is 0 Å². The Bertz CT molecular complexity index is 869. The molecular weight excluding hydrogens is 380 g/mol. The number of carbonyl (C=O) groups is 3. The van der Waals surface area contributed by atoms with Crippen molar-refractivity contribution in [3.05, 3.63) is 71.8 Å². The second-order valence-corrected chi connectivity index (χ2v) is 7.71. The molecular formula is C24H28N2O4. The Labute approximate surface area is 177 Å². The van der Waals surface area contributed by atoms with Gasteiger partial charge in [0.2, 0.25) is 11.8 Å². The Hall–Kier alpha value is -3.15. The maximum absolute atomic E-state index is 13.1. The molecule has 158 valence electrons. The largest absolute Gasteiger partial charge is 0.481 e. The highest BCUT2D eigenvalue weighted by molar-refractivity contribution is 5.91. The summed E-state index contributed by atoms with van der Waals surface area (Å²) in [4.78, 5) is 40.4. The first-order valence-corrected chi connectivity index (χ1v) is 10.3. The fourth-order valence-corrected chi connectivity index (χ4v) is 4.05. The number of carboxylic acid groups (broad SMARTS) is 1. The van der Waals surface area contributed by atoms with Gasteiger partial charge in [0, 0.05) is 26.3 Å². The monoisotopic (exact) mass is 408 g/mol. The number of hydrogen-bond acceptors (Lipinski definition) is 3. The van der Waals surface area contributed by atoms with Gasteiger partial charge in [-0.1, -0.05) is 60.7 Å². The van der Waals surface area contributed by atoms with Gasteiger partial charge in [0.25, 0.3) is 0 Å². The molecule has 1 aliphatic rings. The van der Waals surface area contributed by atoms with Gasteiger partial charge in [0.15, 0.2) is 0 Å². The van der Waals surface area contributed by atoms with Crippen LogP contribution in [0.25, 0.3) is 0 Å². The quantitative estimate of drug-likeness (QED) is 0.692. The molecule has 1 saturated heterocycles. The SMILES string of the molecule is CN1C(=O)C(Cc2ccccc2)N(C(=O)CCCC(=O)O)C1CCc1ccccc1. The minimum atomic E-state index is -0.918. The molecule has 2 amide bonds. The molecule has 0 radical (unpaired) electrons. The number of rotatable bonds is 9. The molecule has 0 aliphatic carbocycles. The highest BCUT2D eigenvalue weighted by atomic mass is 16.4. The first-order chi connectivity index (χ1) is 14.5. The smallest absolute Gasteiger partial charge is 0.303 e. The third kappa shape index (κ3) is 5.26. The topological polar surface area (TPSA) is 77.9 Å². The molecule has 0 spiro atoms. The van der Waals surface area contributed by atoms with Gasteiger partial charge in [-0.3, -0.25) is 14.4 Å². The van der Waals surface area contributed by atoms with E-state index in [1.165, 1.54) is 0 Å². The highest BCUT2D eigenvalue weighted by Crippen LogP contribution is 2.28. The van der Waals surface area contributed by atoms with Crippen LogP contribution in [0.4, 0.5) is 0 Å². The molecule has 2 aromatic carbocycles. The van der Waals surface area contributed by atoms with Crippen LogP contribution in [0.2, 0.25) is 0 Å². The Morgan fingerprint density at radius 2 is 1.53 bits per heavy atom. The number of amides is 2. The number of aliphatic carboxylic acids is 1. The van der Waals surface area contributed by atoms with Crippen LogP contribution in [0.3, 0.4) is 0 Å². The van der Waals surface area contributed by atoms with E-state index in [9.17, 15) is 14.4 Å². The van der Waals surface area contributed by atoms with Crippen molar-refractivity contribution in [2.24, 2.45) is 0 Å². The Morgan fingerprint density at radius 1 is 0.933 bits per heavy atom. The lowest BCUT2D eigenvalue weighted by Crippen LogP contribution is -2.45. The van der Waals surface area contributed by atoms with Crippen molar-refractivity contribution in [1.29, 1.82) is 0 Å². The Morgan fingerprint density at radius 3 is 2.13 bits per heavy atom. The molecule has 1 heterocycles. The maximum atomic E-state index is 13.1. The van der Waals surface area contributed by atoms with Crippen molar-refractivity contribution in [2.75, 3.05) is 7.05 Å². The van der Waals surface area contributed by atoms with Crippen LogP contribution in [-0.2, 0) is 27.2 Å². The van der Waals surface area contributed by atoms with Crippen molar-refractivity contribution in [3.63, 3.8) is 0 Å². The van der Waals surface area contributed by atoms with Crippen molar-refractivity contribution in [1.82, 2.24) is 9.80 Å². The average Bonchev–Trinajstić information content (AvgIpc) is 2.98. The zero-order chi connectivity index (χ0) is 21.5. The fourth-order valence-electron chi connectivity index (χ4n) is 4.05. The lowest BCUT2D eigenvalue weighted by Gasteiger charge is -2.30. The summed E-state index contributed by atoms with van der Waals surface area (Å²) in [5, 5.41) is 8.90. The van der Waals surface area contributed by atoms with E-state index >= 15 is 0 Å². The van der Waals surface area contributed by atoms with Crippen LogP contribution in [0.1, 0.15) is 36.8 Å². The summed E-state index contributed by atoms with van der Waals surface area (Å²) in [7, 11) is 1.75. The predicted molar refractivity (Wildman–Crippen MR) is 114 cm³/mol. The summed E-state index contributed by atoms with van der Waals surface area (Å²) >= 11 is 0. The Balaban J connectivity index is 1.79. The summed E-state index contributed by atoms with van der Waals surface area (Å²) < 4.78 is 0. The van der Waals surface area contributed by atoms with E-state index in [1.54, 1.807) is 16.8 Å². The zero-order valence-electron chi connectivity index (χ0n) is 17.2. The molecule has 6 heteroatoms. The summed E-state index contributed by atoms with van der Waals surface area (Å²) in [6, 6.07) is 19.1. The second-order valence-electron chi connectivity index (χ2n) is 7.71. The van der Waals surface area contributed by atoms with Gasteiger partial charge < -0.3 is 14.9 Å². The summed E-state index contributed by atoms with van der Waals surface area (Å²) in [6.45, 7) is 0. The lowest BCUT2D eigenvalue weighted by molar-refractivity contribution is -0.138. The number of aryl methyl sites for hydroxylation is 1. The standard InChI is InChI=1S/C24H28N2O4/c1-25-21(16-15-18-9-4-2-5-10-18)26(22(27)13-8-14-23(28)29)20(24(25)30)17-19-11-6-3-7-12-19/h2-7,9-12,20-21H,8,13-17H2,1H3,(H,28,29). The lowest BCUT2D eigenvalue weighted by atomic mass is 10.0. The van der Waals surface area contributed by atoms with Crippen LogP contribution >= 0.6 is 0 Å². The molecule has 3 rings (SSSR count). The van der Waals surface area contributed by atoms with Crippen LogP contribution in [0, 0.1) is 0 Å². The third-order valence-electron chi connectivity index (χ3n) is 5.61. The molecule has 0 aromatic heterocycles. The first kappa shape index (κ1) is 21.6. The first-order valence-electron chi connectivity index (χ1n) is 10.3. The van der Waals surface area contributed by atoms with Crippen molar-refractivity contribution < 1.29 is 19.5 Å². The molecule has 6 nitrogen and oxygen atoms in total. The van der Waals surface area contributed by atoms with Gasteiger partial charge in [0.05, 0.1) is 0 Å². The normalized spacial score (nSPS) is 18.6. The maximum Gasteiger partial charge on any atom is 0.303 e. The highest BCUT2D eigenvalue weighted by Gasteiger charge is 2.45. The number of nitrogens with zero attached hydrogens (tertiary/aromatic N) is 2. The minimum Gasteiger partial charge on any atom is -0.481 e. The summed E-state index contributed by atoms with van der Waals surface area (Å²) in [5.74, 6) is -1.14. The molecule has 2 aromatic rings. The van der Waals surface area contributed by atoms with Crippen LogP contribution < -0.4 is 0 Å². The van der Waals surface area contributed by atoms with Crippen molar-refractivity contribution in [3.8, 4) is 0 Å². The van der Waals surface area contributed by atoms with Crippen LogP contribution in [-0.4, -0.2) is 51.9 Å². The third-order valence-corrected chi connectivity index (χ3v) is 5.61. The van der Waals surface area contributed by atoms with Gasteiger partial charge in [0.1, 0.15) is 12.2 Å². The fraction of sp³-hybridized carbons (Fsp3) is 0.375.